The van der Waals surface area contributed by atoms with E-state index in [0.717, 1.165) is 4.90 Å². The summed E-state index contributed by atoms with van der Waals surface area (Å²) in [5.74, 6) is -2.92. The Kier molecular flexibility index (Phi) is 14.3. The molecule has 3 aliphatic rings. The van der Waals surface area contributed by atoms with E-state index in [4.69, 9.17) is 23.7 Å². The highest BCUT2D eigenvalue weighted by molar-refractivity contribution is 7.91. The van der Waals surface area contributed by atoms with E-state index in [1.54, 1.807) is 57.2 Å². The summed E-state index contributed by atoms with van der Waals surface area (Å²) in [7, 11) is -1.61. The fourth-order valence-electron chi connectivity index (χ4n) is 7.25. The Hall–Kier alpha value is -4.92. The van der Waals surface area contributed by atoms with Gasteiger partial charge in [-0.05, 0) is 83.4 Å². The van der Waals surface area contributed by atoms with Crippen molar-refractivity contribution in [1.82, 2.24) is 25.2 Å². The number of nitrogens with zero attached hydrogens (tertiary/aromatic N) is 2. The maximum atomic E-state index is 14.8. The predicted octanol–water partition coefficient (Wildman–Crippen LogP) is 5.03. The van der Waals surface area contributed by atoms with Crippen LogP contribution in [0.3, 0.4) is 0 Å². The fraction of sp³-hybridized carbons (Fsp3) is 0.634. The Bertz CT molecular complexity index is 2140. The second-order valence-electron chi connectivity index (χ2n) is 16.5. The molecule has 1 aliphatic heterocycles. The minimum absolute atomic E-state index is 0.00583. The zero-order valence-corrected chi connectivity index (χ0v) is 36.7. The summed E-state index contributed by atoms with van der Waals surface area (Å²) in [5, 5.41) is 6.05. The zero-order valence-electron chi connectivity index (χ0n) is 35.9. The Balaban J connectivity index is 1.54. The first-order chi connectivity index (χ1) is 29.0. The number of nitrogens with one attached hydrogen (secondary N) is 3. The van der Waals surface area contributed by atoms with Crippen molar-refractivity contribution in [2.24, 2.45) is 5.92 Å². The molecule has 4 amide bonds. The molecule has 1 saturated heterocycles. The van der Waals surface area contributed by atoms with Gasteiger partial charge in [0.2, 0.25) is 39.2 Å². The van der Waals surface area contributed by atoms with Crippen LogP contribution < -0.4 is 29.6 Å². The number of alkyl carbamates (subject to hydrolysis) is 1. The smallest absolute Gasteiger partial charge is 0.427 e. The van der Waals surface area contributed by atoms with Crippen LogP contribution in [0.15, 0.2) is 36.4 Å². The number of aromatic nitrogens is 1. The van der Waals surface area contributed by atoms with Gasteiger partial charge in [0.1, 0.15) is 40.9 Å². The summed E-state index contributed by atoms with van der Waals surface area (Å²) in [4.78, 5) is 62.1. The van der Waals surface area contributed by atoms with Crippen molar-refractivity contribution in [2.45, 2.75) is 133 Å². The number of benzene rings is 1. The SMILES string of the molecule is CC/C=C\[C@@H]1C[C@]1(NC(=O)[C@@H]1C[C@@H](Oc2nc(OC)cc3cc(OC)ccc23)CN1C(=O)[C@@H](NC(=O)OC(C)(C)C(F)(F)F)[C@H](CC)OC(C)C)C(=O)NS(=O)(=O)C1(CF)CC1. The van der Waals surface area contributed by atoms with Gasteiger partial charge in [0, 0.05) is 23.8 Å². The quantitative estimate of drug-likeness (QED) is 0.126. The molecule has 62 heavy (non-hydrogen) atoms. The first kappa shape index (κ1) is 48.1. The number of carbonyl (C=O) groups excluding carboxylic acids is 4. The lowest BCUT2D eigenvalue weighted by Crippen LogP contribution is -2.61. The summed E-state index contributed by atoms with van der Waals surface area (Å²) in [6, 6.07) is 3.51. The molecule has 0 bridgehead atoms. The number of alkyl halides is 4. The van der Waals surface area contributed by atoms with E-state index >= 15 is 0 Å². The highest BCUT2D eigenvalue weighted by Crippen LogP contribution is 2.48. The number of hydrogen-bond acceptors (Lipinski definition) is 12. The molecule has 3 fully saturated rings. The zero-order chi connectivity index (χ0) is 46.0. The molecular formula is C41H55F4N5O11S. The first-order valence-electron chi connectivity index (χ1n) is 20.3. The summed E-state index contributed by atoms with van der Waals surface area (Å²) >= 11 is 0. The number of carbonyl (C=O) groups is 4. The van der Waals surface area contributed by atoms with Crippen LogP contribution >= 0.6 is 0 Å². The van der Waals surface area contributed by atoms with Crippen LogP contribution in [0.2, 0.25) is 0 Å². The molecule has 3 N–H and O–H groups in total. The average Bonchev–Trinajstić information content (AvgIpc) is 4.11. The number of ether oxygens (including phenoxy) is 5. The summed E-state index contributed by atoms with van der Waals surface area (Å²) < 4.78 is 110. The number of hydrogen-bond donors (Lipinski definition) is 3. The van der Waals surface area contributed by atoms with E-state index in [0.29, 0.717) is 36.8 Å². The number of allylic oxidation sites excluding steroid dienone is 1. The Morgan fingerprint density at radius 2 is 1.76 bits per heavy atom. The maximum Gasteiger partial charge on any atom is 0.427 e. The minimum Gasteiger partial charge on any atom is -0.497 e. The minimum atomic E-state index is -4.98. The number of methoxy groups -OCH3 is 2. The molecule has 0 radical (unpaired) electrons. The topological polar surface area (TPSA) is 201 Å². The highest BCUT2D eigenvalue weighted by atomic mass is 32.2. The molecule has 21 heteroatoms. The molecule has 344 valence electrons. The van der Waals surface area contributed by atoms with Gasteiger partial charge in [-0.25, -0.2) is 17.6 Å². The van der Waals surface area contributed by atoms with Gasteiger partial charge >= 0.3 is 12.3 Å². The largest absolute Gasteiger partial charge is 0.497 e. The number of fused-ring (bicyclic) bond motifs is 1. The number of amides is 4. The van der Waals surface area contributed by atoms with Crippen molar-refractivity contribution in [3.05, 3.63) is 36.4 Å². The normalized spacial score (nSPS) is 23.1. The number of pyridine rings is 1. The lowest BCUT2D eigenvalue weighted by molar-refractivity contribution is -0.244. The van der Waals surface area contributed by atoms with Crippen LogP contribution in [0, 0.1) is 5.92 Å². The maximum absolute atomic E-state index is 14.8. The Morgan fingerprint density at radius 3 is 2.32 bits per heavy atom. The summed E-state index contributed by atoms with van der Waals surface area (Å²) in [6.45, 7) is 6.47. The van der Waals surface area contributed by atoms with Gasteiger partial charge in [0.25, 0.3) is 5.91 Å². The van der Waals surface area contributed by atoms with E-state index in [2.05, 4.69) is 15.6 Å². The number of rotatable bonds is 19. The Morgan fingerprint density at radius 1 is 1.06 bits per heavy atom. The molecular weight excluding hydrogens is 847 g/mol. The second kappa shape index (κ2) is 18.4. The van der Waals surface area contributed by atoms with Crippen molar-refractivity contribution >= 4 is 44.6 Å². The molecule has 2 heterocycles. The van der Waals surface area contributed by atoms with Crippen LogP contribution in [-0.4, -0.2) is 122 Å². The van der Waals surface area contributed by atoms with E-state index in [1.165, 1.54) is 14.2 Å². The van der Waals surface area contributed by atoms with Gasteiger partial charge in [-0.3, -0.25) is 19.1 Å². The van der Waals surface area contributed by atoms with Crippen molar-refractivity contribution in [1.29, 1.82) is 0 Å². The molecule has 2 saturated carbocycles. The molecule has 2 aromatic rings. The van der Waals surface area contributed by atoms with Gasteiger partial charge in [0.05, 0.1) is 33.0 Å². The average molecular weight is 902 g/mol. The van der Waals surface area contributed by atoms with Crippen molar-refractivity contribution in [3.8, 4) is 17.5 Å². The standard InChI is InChI=1S/C41H55F4N5O11S/c1-9-11-12-25-20-40(25,36(53)49-62(55,56)39(22-42)15-16-39)48-33(51)29-19-27(60-34-28-14-13-26(57-7)17-24(28)18-31(46-34)58-8)21-50(29)35(52)32(30(10-2)59-23(3)4)47-37(54)61-38(5,6)41(43,44)45/h11-14,17-18,23,25,27,29-30,32H,9-10,15-16,19-22H2,1-8H3,(H,47,54)(H,48,51)(H,49,53)/b12-11-/t25-,27-,29+,30+,32+,40-/m1/s1. The number of likely N-dealkylation sites (tertiary alicyclic amines) is 1. The third-order valence-electron chi connectivity index (χ3n) is 11.3. The van der Waals surface area contributed by atoms with Crippen LogP contribution in [0.25, 0.3) is 10.8 Å². The lowest BCUT2D eigenvalue weighted by Gasteiger charge is -2.34. The van der Waals surface area contributed by atoms with Crippen LogP contribution in [-0.2, 0) is 33.9 Å². The summed E-state index contributed by atoms with van der Waals surface area (Å²) in [5.41, 5.74) is -4.79. The molecule has 0 unspecified atom stereocenters. The van der Waals surface area contributed by atoms with Gasteiger partial charge in [-0.1, -0.05) is 26.0 Å². The van der Waals surface area contributed by atoms with Gasteiger partial charge in [-0.2, -0.15) is 18.2 Å². The Labute approximate surface area is 357 Å². The third kappa shape index (κ3) is 10.1. The van der Waals surface area contributed by atoms with E-state index in [9.17, 15) is 45.2 Å². The molecule has 6 atom stereocenters. The van der Waals surface area contributed by atoms with Crippen LogP contribution in [0.4, 0.5) is 22.4 Å². The van der Waals surface area contributed by atoms with Gasteiger partial charge < -0.3 is 39.2 Å². The molecule has 5 rings (SSSR count). The van der Waals surface area contributed by atoms with Crippen molar-refractivity contribution in [2.75, 3.05) is 27.4 Å². The lowest BCUT2D eigenvalue weighted by atomic mass is 10.1. The highest BCUT2D eigenvalue weighted by Gasteiger charge is 2.64. The molecule has 1 aromatic carbocycles. The van der Waals surface area contributed by atoms with E-state index in [1.807, 2.05) is 11.6 Å². The van der Waals surface area contributed by atoms with E-state index < -0.39 is 98.9 Å². The first-order valence-corrected chi connectivity index (χ1v) is 21.8. The van der Waals surface area contributed by atoms with Crippen molar-refractivity contribution in [3.63, 3.8) is 0 Å². The van der Waals surface area contributed by atoms with Crippen molar-refractivity contribution < 1.29 is 68.8 Å². The van der Waals surface area contributed by atoms with Gasteiger partial charge in [0.15, 0.2) is 0 Å². The molecule has 1 aromatic heterocycles. The molecule has 0 spiro atoms. The third-order valence-corrected chi connectivity index (χ3v) is 13.4. The van der Waals surface area contributed by atoms with Crippen LogP contribution in [0.1, 0.15) is 80.1 Å². The predicted molar refractivity (Wildman–Crippen MR) is 217 cm³/mol. The molecule has 2 aliphatic carbocycles. The van der Waals surface area contributed by atoms with Crippen LogP contribution in [0.5, 0.6) is 17.5 Å². The number of sulfonamides is 1. The van der Waals surface area contributed by atoms with E-state index in [-0.39, 0.29) is 50.4 Å². The monoisotopic (exact) mass is 901 g/mol. The molecule has 16 nitrogen and oxygen atoms in total. The second-order valence-corrected chi connectivity index (χ2v) is 18.6. The number of halogens is 4. The fourth-order valence-corrected chi connectivity index (χ4v) is 8.68. The van der Waals surface area contributed by atoms with Gasteiger partial charge in [-0.15, -0.1) is 0 Å². The summed E-state index contributed by atoms with van der Waals surface area (Å²) in [6.07, 6.45) is -5.54.